The Labute approximate surface area is 154 Å². The van der Waals surface area contributed by atoms with Gasteiger partial charge in [0.05, 0.1) is 11.8 Å². The zero-order valence-corrected chi connectivity index (χ0v) is 15.3. The zero-order chi connectivity index (χ0) is 17.6. The molecular weight excluding hydrogens is 326 g/mol. The van der Waals surface area contributed by atoms with E-state index < -0.39 is 11.9 Å². The van der Waals surface area contributed by atoms with Crippen molar-refractivity contribution in [2.24, 2.45) is 58.7 Å². The Hall–Kier alpha value is -1.32. The van der Waals surface area contributed by atoms with E-state index in [0.29, 0.717) is 17.3 Å². The summed E-state index contributed by atoms with van der Waals surface area (Å²) >= 11 is 0. The van der Waals surface area contributed by atoms with E-state index in [-0.39, 0.29) is 23.7 Å². The Morgan fingerprint density at radius 2 is 1.42 bits per heavy atom. The molecule has 8 rings (SSSR count). The standard InChI is InChI=1S/C22H29NO3/c24-20(18-14-1-2-15(17-6-16(14)17)19(18)21(25)26)23-10-22-7-11-3-12(8-22)5-13(4-11)9-22/h1-2,11-19H,3-10H2,(H,23,24)(H,25,26)/t11?,12?,13?,14-,15-,16-,17-,18+,19+,22?/m1/s1. The Morgan fingerprint density at radius 3 is 1.96 bits per heavy atom. The lowest BCUT2D eigenvalue weighted by Gasteiger charge is -2.57. The van der Waals surface area contributed by atoms with Crippen molar-refractivity contribution in [1.82, 2.24) is 5.32 Å². The van der Waals surface area contributed by atoms with Gasteiger partial charge in [0, 0.05) is 6.54 Å². The van der Waals surface area contributed by atoms with Crippen molar-refractivity contribution in [1.29, 1.82) is 0 Å². The van der Waals surface area contributed by atoms with Crippen LogP contribution in [0.4, 0.5) is 0 Å². The fourth-order valence-electron chi connectivity index (χ4n) is 8.47. The van der Waals surface area contributed by atoms with E-state index >= 15 is 0 Å². The highest BCUT2D eigenvalue weighted by atomic mass is 16.4. The highest BCUT2D eigenvalue weighted by molar-refractivity contribution is 5.86. The monoisotopic (exact) mass is 355 g/mol. The molecule has 8 aliphatic rings. The number of carboxylic acids is 1. The molecule has 6 bridgehead atoms. The molecule has 4 nitrogen and oxygen atoms in total. The van der Waals surface area contributed by atoms with Crippen molar-refractivity contribution >= 4 is 11.9 Å². The molecule has 0 heterocycles. The quantitative estimate of drug-likeness (QED) is 0.762. The fourth-order valence-corrected chi connectivity index (χ4v) is 8.47. The van der Waals surface area contributed by atoms with Gasteiger partial charge in [-0.2, -0.15) is 0 Å². The Morgan fingerprint density at radius 1 is 0.885 bits per heavy atom. The second-order valence-corrected chi connectivity index (χ2v) is 10.6. The van der Waals surface area contributed by atoms with Crippen molar-refractivity contribution < 1.29 is 14.7 Å². The number of amides is 1. The minimum absolute atomic E-state index is 0.0258. The van der Waals surface area contributed by atoms with E-state index in [4.69, 9.17) is 0 Å². The number of aliphatic carboxylic acids is 1. The first kappa shape index (κ1) is 15.7. The fraction of sp³-hybridized carbons (Fsp3) is 0.818. The average molecular weight is 355 g/mol. The van der Waals surface area contributed by atoms with Gasteiger partial charge in [0.2, 0.25) is 5.91 Å². The number of fused-ring (bicyclic) bond motifs is 1. The molecule has 6 atom stereocenters. The maximum absolute atomic E-state index is 13.2. The van der Waals surface area contributed by atoms with Crippen LogP contribution in [0.3, 0.4) is 0 Å². The van der Waals surface area contributed by atoms with Gasteiger partial charge in [-0.1, -0.05) is 12.2 Å². The van der Waals surface area contributed by atoms with Crippen LogP contribution in [-0.4, -0.2) is 23.5 Å². The van der Waals surface area contributed by atoms with Gasteiger partial charge in [-0.05, 0) is 91.8 Å². The molecule has 1 amide bonds. The van der Waals surface area contributed by atoms with E-state index in [2.05, 4.69) is 17.5 Å². The molecule has 6 fully saturated rings. The summed E-state index contributed by atoms with van der Waals surface area (Å²) in [7, 11) is 0. The number of carbonyl (C=O) groups excluding carboxylic acids is 1. The smallest absolute Gasteiger partial charge is 0.307 e. The first-order valence-electron chi connectivity index (χ1n) is 10.7. The summed E-state index contributed by atoms with van der Waals surface area (Å²) in [4.78, 5) is 25.1. The highest BCUT2D eigenvalue weighted by Crippen LogP contribution is 2.64. The normalized spacial score (nSPS) is 54.8. The van der Waals surface area contributed by atoms with Crippen LogP contribution in [0, 0.1) is 58.7 Å². The predicted octanol–water partition coefficient (Wildman–Crippen LogP) is 3.09. The molecule has 26 heavy (non-hydrogen) atoms. The second-order valence-electron chi connectivity index (χ2n) is 10.6. The SMILES string of the molecule is O=C(O)[C@H]1[C@@H]2C=C[C@H]([C@H]3C[C@H]23)[C@@H]1C(=O)NCC12CC3CC(CC(C3)C1)C2. The van der Waals surface area contributed by atoms with E-state index in [1.54, 1.807) is 0 Å². The van der Waals surface area contributed by atoms with Crippen LogP contribution in [0.25, 0.3) is 0 Å². The lowest BCUT2D eigenvalue weighted by atomic mass is 9.49. The largest absolute Gasteiger partial charge is 0.481 e. The van der Waals surface area contributed by atoms with Gasteiger partial charge < -0.3 is 10.4 Å². The topological polar surface area (TPSA) is 66.4 Å². The van der Waals surface area contributed by atoms with Crippen molar-refractivity contribution in [2.45, 2.75) is 44.9 Å². The van der Waals surface area contributed by atoms with Crippen molar-refractivity contribution in [2.75, 3.05) is 6.54 Å². The van der Waals surface area contributed by atoms with Gasteiger partial charge >= 0.3 is 5.97 Å². The van der Waals surface area contributed by atoms with E-state index in [1.807, 2.05) is 0 Å². The predicted molar refractivity (Wildman–Crippen MR) is 95.9 cm³/mol. The first-order chi connectivity index (χ1) is 12.5. The molecule has 0 radical (unpaired) electrons. The third-order valence-corrected chi connectivity index (χ3v) is 9.04. The van der Waals surface area contributed by atoms with Crippen LogP contribution >= 0.6 is 0 Å². The Balaban J connectivity index is 1.19. The Kier molecular flexibility index (Phi) is 3.11. The summed E-state index contributed by atoms with van der Waals surface area (Å²) in [5, 5.41) is 13.1. The molecule has 0 unspecified atom stereocenters. The third kappa shape index (κ3) is 2.13. The first-order valence-corrected chi connectivity index (χ1v) is 10.7. The molecule has 0 aromatic carbocycles. The van der Waals surface area contributed by atoms with Gasteiger partial charge in [-0.15, -0.1) is 0 Å². The van der Waals surface area contributed by atoms with Crippen LogP contribution in [0.15, 0.2) is 12.2 Å². The molecule has 140 valence electrons. The van der Waals surface area contributed by atoms with Crippen molar-refractivity contribution in [3.05, 3.63) is 12.2 Å². The number of carbonyl (C=O) groups is 2. The number of allylic oxidation sites excluding steroid dienone is 2. The van der Waals surface area contributed by atoms with Gasteiger partial charge in [0.15, 0.2) is 0 Å². The van der Waals surface area contributed by atoms with Crippen LogP contribution < -0.4 is 5.32 Å². The zero-order valence-electron chi connectivity index (χ0n) is 15.3. The molecule has 0 aromatic heterocycles. The highest BCUT2D eigenvalue weighted by Gasteiger charge is 2.63. The van der Waals surface area contributed by atoms with Gasteiger partial charge in [0.25, 0.3) is 0 Å². The van der Waals surface area contributed by atoms with Gasteiger partial charge in [0.1, 0.15) is 0 Å². The number of carboxylic acid groups (broad SMARTS) is 1. The molecule has 8 aliphatic carbocycles. The summed E-state index contributed by atoms with van der Waals surface area (Å²) in [6.07, 6.45) is 13.4. The van der Waals surface area contributed by atoms with Crippen LogP contribution in [0.2, 0.25) is 0 Å². The summed E-state index contributed by atoms with van der Waals surface area (Å²) in [5.41, 5.74) is 0.314. The number of nitrogens with one attached hydrogen (secondary N) is 1. The van der Waals surface area contributed by atoms with Crippen LogP contribution in [0.5, 0.6) is 0 Å². The minimum Gasteiger partial charge on any atom is -0.481 e. The lowest BCUT2D eigenvalue weighted by molar-refractivity contribution is -0.153. The molecule has 0 aliphatic heterocycles. The molecular formula is C22H29NO3. The average Bonchev–Trinajstić information content (AvgIpc) is 3.40. The van der Waals surface area contributed by atoms with Crippen LogP contribution in [0.1, 0.15) is 44.9 Å². The molecule has 0 spiro atoms. The summed E-state index contributed by atoms with van der Waals surface area (Å²) in [6.45, 7) is 0.785. The van der Waals surface area contributed by atoms with Crippen molar-refractivity contribution in [3.8, 4) is 0 Å². The number of hydrogen-bond acceptors (Lipinski definition) is 2. The lowest BCUT2D eigenvalue weighted by Crippen LogP contribution is -2.54. The second kappa shape index (κ2) is 5.14. The molecule has 0 saturated heterocycles. The number of rotatable bonds is 4. The van der Waals surface area contributed by atoms with E-state index in [9.17, 15) is 14.7 Å². The van der Waals surface area contributed by atoms with E-state index in [0.717, 1.165) is 30.7 Å². The minimum atomic E-state index is -0.773. The van der Waals surface area contributed by atoms with Crippen LogP contribution in [-0.2, 0) is 9.59 Å². The van der Waals surface area contributed by atoms with Gasteiger partial charge in [-0.25, -0.2) is 0 Å². The number of hydrogen-bond donors (Lipinski definition) is 2. The maximum Gasteiger partial charge on any atom is 0.307 e. The maximum atomic E-state index is 13.2. The van der Waals surface area contributed by atoms with Crippen molar-refractivity contribution in [3.63, 3.8) is 0 Å². The molecule has 2 N–H and O–H groups in total. The summed E-state index contributed by atoms with van der Waals surface area (Å²) in [5.74, 6) is 2.37. The van der Waals surface area contributed by atoms with Gasteiger partial charge in [-0.3, -0.25) is 9.59 Å². The Bertz CT molecular complexity index is 662. The van der Waals surface area contributed by atoms with E-state index in [1.165, 1.54) is 38.5 Å². The molecule has 4 heteroatoms. The molecule has 6 saturated carbocycles. The third-order valence-electron chi connectivity index (χ3n) is 9.04. The summed E-state index contributed by atoms with van der Waals surface area (Å²) < 4.78 is 0. The summed E-state index contributed by atoms with van der Waals surface area (Å²) in [6, 6.07) is 0. The molecule has 0 aromatic rings.